The number of nitriles is 2. The predicted octanol–water partition coefficient (Wildman–Crippen LogP) is 5.41. The fourth-order valence-electron chi connectivity index (χ4n) is 3.15. The molecule has 0 amide bonds. The first-order chi connectivity index (χ1) is 17.5. The highest BCUT2D eigenvalue weighted by atomic mass is 32.2. The van der Waals surface area contributed by atoms with Crippen LogP contribution in [-0.4, -0.2) is 27.9 Å². The second-order valence-corrected chi connectivity index (χ2v) is 10.8. The Morgan fingerprint density at radius 1 is 0.553 bits per heavy atom. The van der Waals surface area contributed by atoms with Crippen molar-refractivity contribution in [1.82, 2.24) is 0 Å². The van der Waals surface area contributed by atoms with Gasteiger partial charge in [0.15, 0.2) is 0 Å². The number of hydrogen-bond donors (Lipinski definition) is 0. The van der Waals surface area contributed by atoms with Gasteiger partial charge in [0.2, 0.25) is 0 Å². The summed E-state index contributed by atoms with van der Waals surface area (Å²) in [5, 5.41) is 17.8. The van der Waals surface area contributed by atoms with Crippen LogP contribution in [0.3, 0.4) is 0 Å². The van der Waals surface area contributed by atoms with Crippen LogP contribution in [0.4, 0.5) is 49.1 Å². The first-order valence-electron chi connectivity index (χ1n) is 9.88. The molecule has 0 heterocycles. The van der Waals surface area contributed by atoms with Crippen molar-refractivity contribution in [2.75, 3.05) is 8.61 Å². The number of halogens is 6. The molecule has 0 atom stereocenters. The molecule has 0 saturated heterocycles. The van der Waals surface area contributed by atoms with Gasteiger partial charge in [-0.2, -0.15) is 53.7 Å². The number of alkyl halides is 6. The standard InChI is InChI=1S/C22H12F6N4O4S2/c23-21(24,25)37(33,34)31(17-8-4-15(13-29)5-9-17)19-2-1-3-20(12-19)32(38(35,36)22(26,27)28)18-10-6-16(14-30)7-11-18/h1-12H. The molecular weight excluding hydrogens is 562 g/mol. The molecule has 0 aliphatic rings. The zero-order valence-corrected chi connectivity index (χ0v) is 20.1. The summed E-state index contributed by atoms with van der Waals surface area (Å²) in [5.41, 5.74) is -14.8. The van der Waals surface area contributed by atoms with Crippen molar-refractivity contribution in [1.29, 1.82) is 10.5 Å². The maximum Gasteiger partial charge on any atom is 0.517 e. The molecule has 0 aromatic heterocycles. The Labute approximate surface area is 212 Å². The number of sulfonamides is 2. The van der Waals surface area contributed by atoms with Gasteiger partial charge in [-0.1, -0.05) is 6.07 Å². The maximum atomic E-state index is 13.6. The molecule has 0 aliphatic carbocycles. The fraction of sp³-hybridized carbons (Fsp3) is 0.0909. The minimum Gasteiger partial charge on any atom is -0.231 e. The lowest BCUT2D eigenvalue weighted by atomic mass is 10.2. The first-order valence-corrected chi connectivity index (χ1v) is 12.8. The highest BCUT2D eigenvalue weighted by molar-refractivity contribution is 7.94. The van der Waals surface area contributed by atoms with Crippen LogP contribution in [-0.2, 0) is 20.0 Å². The smallest absolute Gasteiger partial charge is 0.231 e. The topological polar surface area (TPSA) is 122 Å². The van der Waals surface area contributed by atoms with Gasteiger partial charge < -0.3 is 0 Å². The lowest BCUT2D eigenvalue weighted by Gasteiger charge is -2.29. The van der Waals surface area contributed by atoms with Crippen molar-refractivity contribution in [3.05, 3.63) is 83.9 Å². The molecule has 0 spiro atoms. The van der Waals surface area contributed by atoms with E-state index in [4.69, 9.17) is 10.5 Å². The van der Waals surface area contributed by atoms with Crippen LogP contribution in [0, 0.1) is 22.7 Å². The van der Waals surface area contributed by atoms with Crippen LogP contribution in [0.15, 0.2) is 72.8 Å². The molecule has 0 bridgehead atoms. The average molecular weight is 574 g/mol. The van der Waals surface area contributed by atoms with Crippen molar-refractivity contribution in [3.63, 3.8) is 0 Å². The van der Waals surface area contributed by atoms with Gasteiger partial charge in [0.25, 0.3) is 0 Å². The molecule has 0 saturated carbocycles. The Balaban J connectivity index is 2.31. The number of anilines is 4. The SMILES string of the molecule is N#Cc1ccc(N(c2cccc(N(c3ccc(C#N)cc3)S(=O)(=O)C(F)(F)F)c2)S(=O)(=O)C(F)(F)F)cc1. The number of rotatable bonds is 6. The third-order valence-electron chi connectivity index (χ3n) is 4.83. The molecular formula is C22H12F6N4O4S2. The van der Waals surface area contributed by atoms with Gasteiger partial charge in [0.1, 0.15) is 0 Å². The molecule has 198 valence electrons. The Morgan fingerprint density at radius 3 is 1.13 bits per heavy atom. The van der Waals surface area contributed by atoms with Crippen molar-refractivity contribution >= 4 is 42.8 Å². The summed E-state index contributed by atoms with van der Waals surface area (Å²) < 4.78 is 131. The van der Waals surface area contributed by atoms with E-state index in [1.807, 2.05) is 0 Å². The van der Waals surface area contributed by atoms with Gasteiger partial charge in [0.05, 0.1) is 46.0 Å². The van der Waals surface area contributed by atoms with Crippen molar-refractivity contribution in [2.45, 2.75) is 11.0 Å². The van der Waals surface area contributed by atoms with Crippen LogP contribution in [0.2, 0.25) is 0 Å². The van der Waals surface area contributed by atoms with E-state index < -0.39 is 53.8 Å². The van der Waals surface area contributed by atoms with E-state index in [0.717, 1.165) is 66.7 Å². The summed E-state index contributed by atoms with van der Waals surface area (Å²) in [5.74, 6) is 0. The normalized spacial score (nSPS) is 12.3. The van der Waals surface area contributed by atoms with Crippen molar-refractivity contribution in [2.24, 2.45) is 0 Å². The minimum atomic E-state index is -6.22. The van der Waals surface area contributed by atoms with Crippen LogP contribution in [0.5, 0.6) is 0 Å². The average Bonchev–Trinajstić information content (AvgIpc) is 2.84. The molecule has 3 rings (SSSR count). The van der Waals surface area contributed by atoms with Crippen LogP contribution >= 0.6 is 0 Å². The van der Waals surface area contributed by atoms with Gasteiger partial charge in [-0.25, -0.2) is 8.61 Å². The summed E-state index contributed by atoms with van der Waals surface area (Å²) >= 11 is 0. The fourth-order valence-corrected chi connectivity index (χ4v) is 5.14. The maximum absolute atomic E-state index is 13.6. The van der Waals surface area contributed by atoms with Crippen LogP contribution < -0.4 is 8.61 Å². The monoisotopic (exact) mass is 574 g/mol. The van der Waals surface area contributed by atoms with E-state index in [1.54, 1.807) is 12.1 Å². The van der Waals surface area contributed by atoms with Crippen molar-refractivity contribution in [3.8, 4) is 12.1 Å². The Hall–Kier alpha value is -4.28. The molecule has 0 N–H and O–H groups in total. The summed E-state index contributed by atoms with van der Waals surface area (Å²) in [6.45, 7) is 0. The van der Waals surface area contributed by atoms with Crippen LogP contribution in [0.25, 0.3) is 0 Å². The third-order valence-corrected chi connectivity index (χ3v) is 7.80. The Morgan fingerprint density at radius 2 is 0.868 bits per heavy atom. The van der Waals surface area contributed by atoms with E-state index in [2.05, 4.69) is 0 Å². The molecule has 0 fully saturated rings. The number of benzene rings is 3. The van der Waals surface area contributed by atoms with E-state index in [9.17, 15) is 43.2 Å². The number of hydrogen-bond acceptors (Lipinski definition) is 6. The second-order valence-electron chi connectivity index (χ2n) is 7.27. The first kappa shape index (κ1) is 28.3. The van der Waals surface area contributed by atoms with E-state index in [-0.39, 0.29) is 19.7 Å². The quantitative estimate of drug-likeness (QED) is 0.363. The van der Waals surface area contributed by atoms with Gasteiger partial charge in [-0.05, 0) is 66.7 Å². The van der Waals surface area contributed by atoms with Gasteiger partial charge in [-0.15, -0.1) is 0 Å². The zero-order valence-electron chi connectivity index (χ0n) is 18.4. The Kier molecular flexibility index (Phi) is 7.36. The highest BCUT2D eigenvalue weighted by Crippen LogP contribution is 2.41. The van der Waals surface area contributed by atoms with E-state index in [0.29, 0.717) is 6.07 Å². The minimum absolute atomic E-state index is 0.0323. The highest BCUT2D eigenvalue weighted by Gasteiger charge is 2.52. The summed E-state index contributed by atoms with van der Waals surface area (Å²) in [4.78, 5) is 0. The van der Waals surface area contributed by atoms with Crippen LogP contribution in [0.1, 0.15) is 11.1 Å². The molecule has 8 nitrogen and oxygen atoms in total. The van der Waals surface area contributed by atoms with E-state index in [1.165, 1.54) is 0 Å². The van der Waals surface area contributed by atoms with Gasteiger partial charge >= 0.3 is 31.1 Å². The van der Waals surface area contributed by atoms with Gasteiger partial charge in [-0.3, -0.25) is 0 Å². The lowest BCUT2D eigenvalue weighted by Crippen LogP contribution is -2.39. The Bertz CT molecular complexity index is 1520. The summed E-state index contributed by atoms with van der Waals surface area (Å²) in [6, 6.07) is 13.8. The van der Waals surface area contributed by atoms with Gasteiger partial charge in [0, 0.05) is 0 Å². The molecule has 0 unspecified atom stereocenters. The largest absolute Gasteiger partial charge is 0.517 e. The molecule has 0 radical (unpaired) electrons. The molecule has 16 heteroatoms. The predicted molar refractivity (Wildman–Crippen MR) is 123 cm³/mol. The molecule has 0 aliphatic heterocycles. The second kappa shape index (κ2) is 9.88. The zero-order chi connectivity index (χ0) is 28.5. The molecule has 3 aromatic rings. The summed E-state index contributed by atoms with van der Waals surface area (Å²) in [6.07, 6.45) is 0. The number of nitrogens with zero attached hydrogens (tertiary/aromatic N) is 4. The summed E-state index contributed by atoms with van der Waals surface area (Å²) in [7, 11) is -12.4. The third kappa shape index (κ3) is 5.22. The molecule has 38 heavy (non-hydrogen) atoms. The van der Waals surface area contributed by atoms with Crippen molar-refractivity contribution < 1.29 is 43.2 Å². The van der Waals surface area contributed by atoms with E-state index >= 15 is 0 Å². The lowest BCUT2D eigenvalue weighted by molar-refractivity contribution is -0.0441. The molecule has 3 aromatic carbocycles.